The molecule has 1 aliphatic rings. The Morgan fingerprint density at radius 3 is 2.71 bits per heavy atom. The van der Waals surface area contributed by atoms with E-state index in [2.05, 4.69) is 28.9 Å². The highest BCUT2D eigenvalue weighted by atomic mass is 79.9. The highest BCUT2D eigenvalue weighted by molar-refractivity contribution is 9.10. The van der Waals surface area contributed by atoms with Crippen LogP contribution in [0.3, 0.4) is 0 Å². The molecular weight excluding hydrogens is 334 g/mol. The van der Waals surface area contributed by atoms with Gasteiger partial charge in [-0.15, -0.1) is 0 Å². The van der Waals surface area contributed by atoms with Crippen molar-refractivity contribution in [2.75, 3.05) is 20.3 Å². The molecule has 0 aliphatic carbocycles. The quantitative estimate of drug-likeness (QED) is 0.848. The first kappa shape index (κ1) is 16.6. The molecule has 1 unspecified atom stereocenters. The van der Waals surface area contributed by atoms with Gasteiger partial charge in [0.15, 0.2) is 11.5 Å². The number of rotatable bonds is 6. The van der Waals surface area contributed by atoms with E-state index in [1.54, 1.807) is 7.11 Å². The maximum Gasteiger partial charge on any atom is 0.175 e. The van der Waals surface area contributed by atoms with Crippen LogP contribution in [0.25, 0.3) is 0 Å². The minimum Gasteiger partial charge on any atom is -0.493 e. The number of benzene rings is 1. The van der Waals surface area contributed by atoms with E-state index in [4.69, 9.17) is 19.9 Å². The average molecular weight is 358 g/mol. The molecule has 1 aromatic rings. The lowest BCUT2D eigenvalue weighted by molar-refractivity contribution is 0.0242. The Bertz CT molecular complexity index is 461. The number of ether oxygens (including phenoxy) is 3. The van der Waals surface area contributed by atoms with Crippen LogP contribution in [0.1, 0.15) is 31.7 Å². The standard InChI is InChI=1S/C16H24BrNO3/c1-3-12(18)8-11-9-14(17)16(15(10-11)19-2)21-13-4-6-20-7-5-13/h9-10,12-13H,3-8,18H2,1-2H3. The maximum absolute atomic E-state index is 6.11. The van der Waals surface area contributed by atoms with Crippen LogP contribution in [-0.2, 0) is 11.2 Å². The predicted octanol–water partition coefficient (Wildman–Crippen LogP) is 3.30. The number of methoxy groups -OCH3 is 1. The van der Waals surface area contributed by atoms with Gasteiger partial charge in [0.2, 0.25) is 0 Å². The summed E-state index contributed by atoms with van der Waals surface area (Å²) in [5, 5.41) is 0. The van der Waals surface area contributed by atoms with Gasteiger partial charge >= 0.3 is 0 Å². The van der Waals surface area contributed by atoms with Gasteiger partial charge in [-0.3, -0.25) is 0 Å². The average Bonchev–Trinajstić information content (AvgIpc) is 2.50. The van der Waals surface area contributed by atoms with Crippen molar-refractivity contribution in [3.63, 3.8) is 0 Å². The molecular formula is C16H24BrNO3. The topological polar surface area (TPSA) is 53.7 Å². The van der Waals surface area contributed by atoms with Crippen molar-refractivity contribution in [3.8, 4) is 11.5 Å². The molecule has 118 valence electrons. The van der Waals surface area contributed by atoms with Gasteiger partial charge in [0.05, 0.1) is 24.8 Å². The maximum atomic E-state index is 6.11. The number of hydrogen-bond donors (Lipinski definition) is 1. The predicted molar refractivity (Wildman–Crippen MR) is 87.1 cm³/mol. The van der Waals surface area contributed by atoms with Gasteiger partial charge in [0.1, 0.15) is 6.10 Å². The van der Waals surface area contributed by atoms with Crippen molar-refractivity contribution >= 4 is 15.9 Å². The Labute approximate surface area is 135 Å². The largest absolute Gasteiger partial charge is 0.493 e. The lowest BCUT2D eigenvalue weighted by Gasteiger charge is -2.25. The van der Waals surface area contributed by atoms with Crippen molar-refractivity contribution in [2.45, 2.75) is 44.8 Å². The van der Waals surface area contributed by atoms with E-state index in [0.29, 0.717) is 0 Å². The van der Waals surface area contributed by atoms with Crippen LogP contribution in [0.5, 0.6) is 11.5 Å². The van der Waals surface area contributed by atoms with E-state index in [1.807, 2.05) is 6.07 Å². The molecule has 0 saturated carbocycles. The second-order valence-electron chi connectivity index (χ2n) is 5.41. The second kappa shape index (κ2) is 8.01. The molecule has 21 heavy (non-hydrogen) atoms. The number of hydrogen-bond acceptors (Lipinski definition) is 4. The molecule has 0 aromatic heterocycles. The molecule has 0 radical (unpaired) electrons. The van der Waals surface area contributed by atoms with Crippen molar-refractivity contribution in [1.82, 2.24) is 0 Å². The molecule has 1 heterocycles. The first-order valence-corrected chi connectivity index (χ1v) is 8.29. The molecule has 1 atom stereocenters. The number of halogens is 1. The second-order valence-corrected chi connectivity index (χ2v) is 6.27. The highest BCUT2D eigenvalue weighted by Crippen LogP contribution is 2.38. The lowest BCUT2D eigenvalue weighted by atomic mass is 10.0. The van der Waals surface area contributed by atoms with Gasteiger partial charge in [-0.2, -0.15) is 0 Å². The molecule has 4 nitrogen and oxygen atoms in total. The summed E-state index contributed by atoms with van der Waals surface area (Å²) in [5.74, 6) is 1.53. The molecule has 1 saturated heterocycles. The van der Waals surface area contributed by atoms with Crippen molar-refractivity contribution in [3.05, 3.63) is 22.2 Å². The Morgan fingerprint density at radius 1 is 1.38 bits per heavy atom. The van der Waals surface area contributed by atoms with Crippen LogP contribution in [0.2, 0.25) is 0 Å². The zero-order valence-electron chi connectivity index (χ0n) is 12.7. The fourth-order valence-corrected chi connectivity index (χ4v) is 3.00. The first-order valence-electron chi connectivity index (χ1n) is 7.50. The zero-order valence-corrected chi connectivity index (χ0v) is 14.3. The van der Waals surface area contributed by atoms with Crippen LogP contribution < -0.4 is 15.2 Å². The SMILES string of the molecule is CCC(N)Cc1cc(Br)c(OC2CCOCC2)c(OC)c1. The summed E-state index contributed by atoms with van der Waals surface area (Å²) in [6.45, 7) is 3.61. The molecule has 1 aromatic carbocycles. The molecule has 1 aliphatic heterocycles. The fourth-order valence-electron chi connectivity index (χ4n) is 2.41. The van der Waals surface area contributed by atoms with E-state index in [0.717, 1.165) is 60.4 Å². The van der Waals surface area contributed by atoms with Gasteiger partial charge < -0.3 is 19.9 Å². The summed E-state index contributed by atoms with van der Waals surface area (Å²) in [6.07, 6.45) is 3.81. The van der Waals surface area contributed by atoms with Crippen LogP contribution in [0.4, 0.5) is 0 Å². The summed E-state index contributed by atoms with van der Waals surface area (Å²) in [7, 11) is 1.67. The summed E-state index contributed by atoms with van der Waals surface area (Å²) >= 11 is 3.60. The third-order valence-corrected chi connectivity index (χ3v) is 4.35. The third kappa shape index (κ3) is 4.59. The summed E-state index contributed by atoms with van der Waals surface area (Å²) in [4.78, 5) is 0. The van der Waals surface area contributed by atoms with Crippen LogP contribution in [0, 0.1) is 0 Å². The fraction of sp³-hybridized carbons (Fsp3) is 0.625. The van der Waals surface area contributed by atoms with Gasteiger partial charge in [0.25, 0.3) is 0 Å². The Balaban J connectivity index is 2.16. The lowest BCUT2D eigenvalue weighted by Crippen LogP contribution is -2.26. The zero-order chi connectivity index (χ0) is 15.2. The first-order chi connectivity index (χ1) is 10.1. The Kier molecular flexibility index (Phi) is 6.33. The van der Waals surface area contributed by atoms with Crippen LogP contribution >= 0.6 is 15.9 Å². The molecule has 0 amide bonds. The van der Waals surface area contributed by atoms with E-state index in [1.165, 1.54) is 0 Å². The highest BCUT2D eigenvalue weighted by Gasteiger charge is 2.20. The van der Waals surface area contributed by atoms with Crippen LogP contribution in [0.15, 0.2) is 16.6 Å². The van der Waals surface area contributed by atoms with E-state index >= 15 is 0 Å². The molecule has 0 spiro atoms. The van der Waals surface area contributed by atoms with Gasteiger partial charge in [-0.25, -0.2) is 0 Å². The molecule has 2 N–H and O–H groups in total. The van der Waals surface area contributed by atoms with Gasteiger partial charge in [-0.1, -0.05) is 6.92 Å². The Hall–Kier alpha value is -0.780. The summed E-state index contributed by atoms with van der Waals surface area (Å²) < 4.78 is 17.9. The van der Waals surface area contributed by atoms with E-state index in [9.17, 15) is 0 Å². The Morgan fingerprint density at radius 2 is 2.10 bits per heavy atom. The molecule has 2 rings (SSSR count). The van der Waals surface area contributed by atoms with Crippen LogP contribution in [-0.4, -0.2) is 32.5 Å². The van der Waals surface area contributed by atoms with Gasteiger partial charge in [-0.05, 0) is 46.5 Å². The summed E-state index contributed by atoms with van der Waals surface area (Å²) in [6, 6.07) is 4.27. The molecule has 1 fully saturated rings. The van der Waals surface area contributed by atoms with Crippen molar-refractivity contribution in [2.24, 2.45) is 5.73 Å². The number of nitrogens with two attached hydrogens (primary N) is 1. The monoisotopic (exact) mass is 357 g/mol. The normalized spacial score (nSPS) is 17.5. The van der Waals surface area contributed by atoms with Crippen molar-refractivity contribution < 1.29 is 14.2 Å². The molecule has 5 heteroatoms. The van der Waals surface area contributed by atoms with Gasteiger partial charge in [0, 0.05) is 18.9 Å². The minimum absolute atomic E-state index is 0.170. The third-order valence-electron chi connectivity index (χ3n) is 3.76. The van der Waals surface area contributed by atoms with E-state index < -0.39 is 0 Å². The summed E-state index contributed by atoms with van der Waals surface area (Å²) in [5.41, 5.74) is 7.19. The smallest absolute Gasteiger partial charge is 0.175 e. The molecule has 0 bridgehead atoms. The minimum atomic E-state index is 0.170. The van der Waals surface area contributed by atoms with Crippen molar-refractivity contribution in [1.29, 1.82) is 0 Å². The van der Waals surface area contributed by atoms with E-state index in [-0.39, 0.29) is 12.1 Å².